The van der Waals surface area contributed by atoms with Gasteiger partial charge in [0, 0.05) is 25.2 Å². The van der Waals surface area contributed by atoms with Gasteiger partial charge in [-0.1, -0.05) is 19.3 Å². The molecule has 1 saturated carbocycles. The summed E-state index contributed by atoms with van der Waals surface area (Å²) in [4.78, 5) is 7.32. The molecule has 0 amide bonds. The Bertz CT molecular complexity index is 585. The first-order chi connectivity index (χ1) is 13.1. The Morgan fingerprint density at radius 2 is 2.07 bits per heavy atom. The normalized spacial score (nSPS) is 24.2. The first kappa shape index (κ1) is 23.5. The maximum atomic E-state index is 10.6. The van der Waals surface area contributed by atoms with Crippen LogP contribution in [-0.2, 0) is 5.60 Å². The Morgan fingerprint density at radius 3 is 2.75 bits per heavy atom. The number of hydrogen-bond donors (Lipinski definition) is 3. The summed E-state index contributed by atoms with van der Waals surface area (Å²) in [5.74, 6) is 1.32. The topological polar surface area (TPSA) is 73.0 Å². The Kier molecular flexibility index (Phi) is 9.56. The molecule has 2 atom stereocenters. The summed E-state index contributed by atoms with van der Waals surface area (Å²) in [7, 11) is 0. The van der Waals surface area contributed by atoms with Gasteiger partial charge in [0.2, 0.25) is 0 Å². The largest absolute Gasteiger partial charge is 0.466 e. The number of guanidine groups is 1. The van der Waals surface area contributed by atoms with E-state index in [4.69, 9.17) is 4.42 Å². The van der Waals surface area contributed by atoms with Gasteiger partial charge in [0.25, 0.3) is 0 Å². The monoisotopic (exact) mass is 504 g/mol. The zero-order valence-corrected chi connectivity index (χ0v) is 19.7. The molecule has 28 heavy (non-hydrogen) atoms. The van der Waals surface area contributed by atoms with Crippen LogP contribution in [0.25, 0.3) is 0 Å². The molecule has 0 bridgehead atoms. The molecule has 1 aliphatic heterocycles. The Balaban J connectivity index is 0.00000280. The molecule has 6 nitrogen and oxygen atoms in total. The van der Waals surface area contributed by atoms with Crippen molar-refractivity contribution in [2.24, 2.45) is 4.99 Å². The molecule has 2 fully saturated rings. The minimum absolute atomic E-state index is 0. The van der Waals surface area contributed by atoms with E-state index in [1.165, 1.54) is 51.5 Å². The lowest BCUT2D eigenvalue weighted by Crippen LogP contribution is -2.53. The van der Waals surface area contributed by atoms with Crippen LogP contribution < -0.4 is 10.6 Å². The minimum Gasteiger partial charge on any atom is -0.466 e. The van der Waals surface area contributed by atoms with Crippen molar-refractivity contribution in [1.29, 1.82) is 0 Å². The number of hydrogen-bond acceptors (Lipinski definition) is 4. The molecule has 2 aliphatic rings. The number of aliphatic imine (C=N–C) groups is 1. The van der Waals surface area contributed by atoms with E-state index >= 15 is 0 Å². The SMILES string of the molecule is CCNC(=NCC(C)(O)c1ccco1)NC1CCCN(C2CCCCC2)C1.I. The summed E-state index contributed by atoms with van der Waals surface area (Å²) >= 11 is 0. The number of nitrogens with one attached hydrogen (secondary N) is 2. The fraction of sp³-hybridized carbons (Fsp3) is 0.762. The van der Waals surface area contributed by atoms with Gasteiger partial charge in [0.15, 0.2) is 5.96 Å². The summed E-state index contributed by atoms with van der Waals surface area (Å²) in [6, 6.07) is 4.76. The van der Waals surface area contributed by atoms with Crippen LogP contribution >= 0.6 is 24.0 Å². The van der Waals surface area contributed by atoms with E-state index in [9.17, 15) is 5.11 Å². The zero-order valence-electron chi connectivity index (χ0n) is 17.3. The molecule has 2 heterocycles. The van der Waals surface area contributed by atoms with Crippen LogP contribution in [0.5, 0.6) is 0 Å². The molecule has 3 rings (SSSR count). The lowest BCUT2D eigenvalue weighted by Gasteiger charge is -2.40. The van der Waals surface area contributed by atoms with Crippen LogP contribution in [0.4, 0.5) is 0 Å². The van der Waals surface area contributed by atoms with Gasteiger partial charge in [-0.25, -0.2) is 4.99 Å². The number of rotatable bonds is 6. The third-order valence-electron chi connectivity index (χ3n) is 5.83. The highest BCUT2D eigenvalue weighted by molar-refractivity contribution is 14.0. The lowest BCUT2D eigenvalue weighted by atomic mass is 9.92. The average Bonchev–Trinajstić information content (AvgIpc) is 3.23. The molecule has 1 aliphatic carbocycles. The molecule has 1 saturated heterocycles. The van der Waals surface area contributed by atoms with Gasteiger partial charge in [-0.2, -0.15) is 0 Å². The zero-order chi connectivity index (χ0) is 19.1. The molecule has 0 aromatic carbocycles. The van der Waals surface area contributed by atoms with Gasteiger partial charge in [-0.3, -0.25) is 4.90 Å². The highest BCUT2D eigenvalue weighted by Gasteiger charge is 2.28. The molecular weight excluding hydrogens is 467 g/mol. The highest BCUT2D eigenvalue weighted by atomic mass is 127. The summed E-state index contributed by atoms with van der Waals surface area (Å²) < 4.78 is 5.36. The Morgan fingerprint density at radius 1 is 1.29 bits per heavy atom. The molecule has 0 spiro atoms. The predicted molar refractivity (Wildman–Crippen MR) is 124 cm³/mol. The Hall–Kier alpha value is -0.800. The second-order valence-corrected chi connectivity index (χ2v) is 8.22. The van der Waals surface area contributed by atoms with Crippen LogP contribution in [0.15, 0.2) is 27.8 Å². The van der Waals surface area contributed by atoms with Gasteiger partial charge in [-0.05, 0) is 58.2 Å². The smallest absolute Gasteiger partial charge is 0.191 e. The second kappa shape index (κ2) is 11.4. The molecule has 1 aromatic rings. The summed E-state index contributed by atoms with van der Waals surface area (Å²) in [5.41, 5.74) is -1.10. The third-order valence-corrected chi connectivity index (χ3v) is 5.83. The molecule has 7 heteroatoms. The van der Waals surface area contributed by atoms with Crippen molar-refractivity contribution in [3.05, 3.63) is 24.2 Å². The lowest BCUT2D eigenvalue weighted by molar-refractivity contribution is 0.0436. The molecule has 160 valence electrons. The quantitative estimate of drug-likeness (QED) is 0.315. The van der Waals surface area contributed by atoms with Crippen LogP contribution in [0, 0.1) is 0 Å². The first-order valence-corrected chi connectivity index (χ1v) is 10.6. The summed E-state index contributed by atoms with van der Waals surface area (Å²) in [5, 5.41) is 17.6. The summed E-state index contributed by atoms with van der Waals surface area (Å²) in [6.45, 7) is 7.18. The average molecular weight is 504 g/mol. The van der Waals surface area contributed by atoms with E-state index in [2.05, 4.69) is 27.4 Å². The number of aliphatic hydroxyl groups is 1. The minimum atomic E-state index is -1.10. The first-order valence-electron chi connectivity index (χ1n) is 10.6. The van der Waals surface area contributed by atoms with Gasteiger partial charge >= 0.3 is 0 Å². The van der Waals surface area contributed by atoms with Crippen molar-refractivity contribution >= 4 is 29.9 Å². The van der Waals surface area contributed by atoms with Gasteiger partial charge in [0.05, 0.1) is 12.8 Å². The fourth-order valence-electron chi connectivity index (χ4n) is 4.31. The van der Waals surface area contributed by atoms with E-state index in [0.29, 0.717) is 11.8 Å². The fourth-order valence-corrected chi connectivity index (χ4v) is 4.31. The number of furan rings is 1. The number of nitrogens with zero attached hydrogens (tertiary/aromatic N) is 2. The maximum absolute atomic E-state index is 10.6. The summed E-state index contributed by atoms with van der Waals surface area (Å²) in [6.07, 6.45) is 10.9. The second-order valence-electron chi connectivity index (χ2n) is 8.22. The van der Waals surface area contributed by atoms with Crippen LogP contribution in [0.2, 0.25) is 0 Å². The van der Waals surface area contributed by atoms with Crippen molar-refractivity contribution in [3.8, 4) is 0 Å². The van der Waals surface area contributed by atoms with Crippen molar-refractivity contribution in [3.63, 3.8) is 0 Å². The predicted octanol–water partition coefficient (Wildman–Crippen LogP) is 3.46. The van der Waals surface area contributed by atoms with Crippen molar-refractivity contribution in [2.45, 2.75) is 76.5 Å². The van der Waals surface area contributed by atoms with E-state index in [0.717, 1.165) is 25.1 Å². The molecular formula is C21H37IN4O2. The van der Waals surface area contributed by atoms with E-state index in [-0.39, 0.29) is 30.5 Å². The molecule has 3 N–H and O–H groups in total. The highest BCUT2D eigenvalue weighted by Crippen LogP contribution is 2.25. The third kappa shape index (κ3) is 6.62. The molecule has 2 unspecified atom stereocenters. The van der Waals surface area contributed by atoms with Gasteiger partial charge < -0.3 is 20.2 Å². The van der Waals surface area contributed by atoms with E-state index in [1.807, 2.05) is 0 Å². The standard InChI is InChI=1S/C21H36N4O2.HI/c1-3-22-20(23-16-21(2,26)19-12-8-14-27-19)24-17-9-7-13-25(15-17)18-10-5-4-6-11-18;/h8,12,14,17-18,26H,3-7,9-11,13,15-16H2,1-2H3,(H2,22,23,24);1H. The van der Waals surface area contributed by atoms with E-state index < -0.39 is 5.60 Å². The van der Waals surface area contributed by atoms with Gasteiger partial charge in [-0.15, -0.1) is 24.0 Å². The molecule has 1 aromatic heterocycles. The van der Waals surface area contributed by atoms with Crippen LogP contribution in [-0.4, -0.2) is 54.2 Å². The van der Waals surface area contributed by atoms with E-state index in [1.54, 1.807) is 25.3 Å². The van der Waals surface area contributed by atoms with Crippen molar-refractivity contribution < 1.29 is 9.52 Å². The molecule has 0 radical (unpaired) electrons. The Labute approximate surface area is 186 Å². The van der Waals surface area contributed by atoms with Gasteiger partial charge in [0.1, 0.15) is 11.4 Å². The number of halogens is 1. The number of piperidine rings is 1. The van der Waals surface area contributed by atoms with Crippen molar-refractivity contribution in [1.82, 2.24) is 15.5 Å². The van der Waals surface area contributed by atoms with Crippen LogP contribution in [0.1, 0.15) is 64.6 Å². The number of likely N-dealkylation sites (tertiary alicyclic amines) is 1. The maximum Gasteiger partial charge on any atom is 0.191 e. The van der Waals surface area contributed by atoms with Crippen LogP contribution in [0.3, 0.4) is 0 Å². The van der Waals surface area contributed by atoms with Crippen molar-refractivity contribution in [2.75, 3.05) is 26.2 Å².